The van der Waals surface area contributed by atoms with E-state index in [0.717, 1.165) is 0 Å². The highest BCUT2D eigenvalue weighted by atomic mass is 16.4. The van der Waals surface area contributed by atoms with Gasteiger partial charge >= 0.3 is 11.9 Å². The van der Waals surface area contributed by atoms with E-state index >= 15 is 0 Å². The summed E-state index contributed by atoms with van der Waals surface area (Å²) in [5.41, 5.74) is 1.06. The van der Waals surface area contributed by atoms with Crippen LogP contribution in [0.4, 0.5) is 0 Å². The van der Waals surface area contributed by atoms with Gasteiger partial charge in [0.05, 0.1) is 0 Å². The highest BCUT2D eigenvalue weighted by molar-refractivity contribution is 5.84. The summed E-state index contributed by atoms with van der Waals surface area (Å²) in [6.45, 7) is 11.1. The van der Waals surface area contributed by atoms with Crippen LogP contribution in [0.1, 0.15) is 90.2 Å². The zero-order valence-corrected chi connectivity index (χ0v) is 26.1. The number of aliphatic carboxylic acids is 2. The second-order valence-corrected chi connectivity index (χ2v) is 11.9. The molecule has 0 aliphatic heterocycles. The first-order valence-electron chi connectivity index (χ1n) is 14.5. The summed E-state index contributed by atoms with van der Waals surface area (Å²) in [5, 5.41) is 61.3. The number of hydrogen-bond donors (Lipinski definition) is 8. The van der Waals surface area contributed by atoms with Crippen molar-refractivity contribution in [1.82, 2.24) is 10.6 Å². The van der Waals surface area contributed by atoms with E-state index in [1.165, 1.54) is 24.3 Å². The van der Waals surface area contributed by atoms with Gasteiger partial charge in [0.25, 0.3) is 0 Å². The van der Waals surface area contributed by atoms with Gasteiger partial charge in [-0.1, -0.05) is 53.7 Å². The van der Waals surface area contributed by atoms with Crippen LogP contribution in [0.25, 0.3) is 0 Å². The Hall–Kier alpha value is -4.48. The van der Waals surface area contributed by atoms with Crippen molar-refractivity contribution in [1.29, 1.82) is 0 Å². The fraction of sp³-hybridized carbons (Fsp3) is 0.500. The number of rotatable bonds is 14. The fourth-order valence-corrected chi connectivity index (χ4v) is 4.57. The van der Waals surface area contributed by atoms with Gasteiger partial charge in [0, 0.05) is 25.0 Å². The Bertz CT molecular complexity index is 1180. The minimum absolute atomic E-state index is 0.0548. The maximum atomic E-state index is 12.0. The van der Waals surface area contributed by atoms with Crippen LogP contribution in [0.5, 0.6) is 23.0 Å². The normalized spacial score (nSPS) is 13.6. The molecule has 3 unspecified atom stereocenters. The third-order valence-corrected chi connectivity index (χ3v) is 6.75. The molecule has 0 saturated heterocycles. The van der Waals surface area contributed by atoms with Gasteiger partial charge in [-0.15, -0.1) is 0 Å². The number of amides is 2. The highest BCUT2D eigenvalue weighted by Gasteiger charge is 2.24. The van der Waals surface area contributed by atoms with E-state index in [2.05, 4.69) is 10.6 Å². The van der Waals surface area contributed by atoms with Crippen LogP contribution in [0.2, 0.25) is 0 Å². The van der Waals surface area contributed by atoms with Crippen LogP contribution in [0.3, 0.4) is 0 Å². The van der Waals surface area contributed by atoms with Gasteiger partial charge in [0.15, 0.2) is 0 Å². The first-order valence-corrected chi connectivity index (χ1v) is 14.5. The van der Waals surface area contributed by atoms with E-state index in [4.69, 9.17) is 10.2 Å². The molecule has 0 aliphatic rings. The zero-order valence-electron chi connectivity index (χ0n) is 26.1. The predicted octanol–water partition coefficient (Wildman–Crippen LogP) is 4.41. The molecule has 12 heteroatoms. The second kappa shape index (κ2) is 17.6. The van der Waals surface area contributed by atoms with Crippen molar-refractivity contribution < 1.29 is 49.8 Å². The maximum absolute atomic E-state index is 12.0. The Kier molecular flexibility index (Phi) is 15.0. The van der Waals surface area contributed by atoms with E-state index < -0.39 is 24.0 Å². The van der Waals surface area contributed by atoms with Gasteiger partial charge in [-0.3, -0.25) is 9.59 Å². The molecule has 2 amide bonds. The van der Waals surface area contributed by atoms with Crippen molar-refractivity contribution in [2.45, 2.75) is 91.1 Å². The maximum Gasteiger partial charge on any atom is 0.326 e. The molecule has 0 fully saturated rings. The Morgan fingerprint density at radius 3 is 1.16 bits per heavy atom. The monoisotopic (exact) mass is 618 g/mol. The molecule has 44 heavy (non-hydrogen) atoms. The molecule has 2 rings (SSSR count). The SMILES string of the molecule is CC(C)CC(NC(=O)CC(C)c1ccc(O)cc1O)C(=O)O.CC(C)C[C@@H](NC(=O)CC(C)c1ccc(O)cc1O)C(=O)O. The van der Waals surface area contributed by atoms with E-state index in [-0.39, 0.29) is 71.3 Å². The molecule has 0 saturated carbocycles. The first-order chi connectivity index (χ1) is 20.4. The summed E-state index contributed by atoms with van der Waals surface area (Å²) >= 11 is 0. The summed E-state index contributed by atoms with van der Waals surface area (Å²) in [6.07, 6.45) is 0.834. The smallest absolute Gasteiger partial charge is 0.326 e. The van der Waals surface area contributed by atoms with Gasteiger partial charge in [-0.05, 0) is 59.8 Å². The third-order valence-electron chi connectivity index (χ3n) is 6.75. The molecular weight excluding hydrogens is 572 g/mol. The number of aromatic hydroxyl groups is 4. The highest BCUT2D eigenvalue weighted by Crippen LogP contribution is 2.32. The molecule has 12 nitrogen and oxygen atoms in total. The number of carboxylic acid groups (broad SMARTS) is 2. The van der Waals surface area contributed by atoms with E-state index in [1.807, 2.05) is 27.7 Å². The number of phenols is 4. The molecule has 2 aromatic carbocycles. The summed E-state index contributed by atoms with van der Waals surface area (Å²) in [4.78, 5) is 46.3. The molecule has 0 heterocycles. The number of carboxylic acids is 2. The van der Waals surface area contributed by atoms with Crippen molar-refractivity contribution in [2.75, 3.05) is 0 Å². The lowest BCUT2D eigenvalue weighted by atomic mass is 9.96. The molecule has 4 atom stereocenters. The minimum Gasteiger partial charge on any atom is -0.508 e. The van der Waals surface area contributed by atoms with Crippen LogP contribution in [0.15, 0.2) is 36.4 Å². The topological polar surface area (TPSA) is 214 Å². The first kappa shape index (κ1) is 37.5. The zero-order chi connectivity index (χ0) is 33.7. The van der Waals surface area contributed by atoms with Crippen molar-refractivity contribution in [3.8, 4) is 23.0 Å². The lowest BCUT2D eigenvalue weighted by molar-refractivity contribution is -0.142. The Balaban J connectivity index is 0.000000440. The third kappa shape index (κ3) is 13.2. The van der Waals surface area contributed by atoms with Gasteiger partial charge in [-0.25, -0.2) is 9.59 Å². The molecule has 0 spiro atoms. The van der Waals surface area contributed by atoms with Crippen molar-refractivity contribution in [3.63, 3.8) is 0 Å². The molecule has 0 aliphatic carbocycles. The van der Waals surface area contributed by atoms with Crippen LogP contribution in [-0.4, -0.2) is 66.5 Å². The molecule has 0 radical (unpaired) electrons. The number of carbonyl (C=O) groups is 4. The molecule has 8 N–H and O–H groups in total. The second-order valence-electron chi connectivity index (χ2n) is 11.9. The predicted molar refractivity (Wildman–Crippen MR) is 164 cm³/mol. The summed E-state index contributed by atoms with van der Waals surface area (Å²) in [7, 11) is 0. The lowest BCUT2D eigenvalue weighted by Gasteiger charge is -2.18. The van der Waals surface area contributed by atoms with Gasteiger partial charge in [0.1, 0.15) is 35.1 Å². The van der Waals surface area contributed by atoms with E-state index in [9.17, 15) is 39.6 Å². The quantitative estimate of drug-likeness (QED) is 0.149. The van der Waals surface area contributed by atoms with E-state index in [1.54, 1.807) is 26.0 Å². The number of hydrogen-bond acceptors (Lipinski definition) is 8. The van der Waals surface area contributed by atoms with Gasteiger partial charge in [-0.2, -0.15) is 0 Å². The summed E-state index contributed by atoms with van der Waals surface area (Å²) in [5.74, 6) is -3.44. The van der Waals surface area contributed by atoms with Crippen molar-refractivity contribution >= 4 is 23.8 Å². The van der Waals surface area contributed by atoms with Crippen LogP contribution < -0.4 is 10.6 Å². The van der Waals surface area contributed by atoms with Gasteiger partial charge < -0.3 is 41.3 Å². The van der Waals surface area contributed by atoms with Crippen LogP contribution in [-0.2, 0) is 19.2 Å². The largest absolute Gasteiger partial charge is 0.508 e. The molecular formula is C32H46N2O10. The number of carbonyl (C=O) groups excluding carboxylic acids is 2. The lowest BCUT2D eigenvalue weighted by Crippen LogP contribution is -2.41. The fourth-order valence-electron chi connectivity index (χ4n) is 4.57. The molecule has 244 valence electrons. The number of phenolic OH excluding ortho intramolecular Hbond substituents is 4. The van der Waals surface area contributed by atoms with Crippen LogP contribution >= 0.6 is 0 Å². The van der Waals surface area contributed by atoms with Crippen LogP contribution in [0, 0.1) is 11.8 Å². The van der Waals surface area contributed by atoms with E-state index in [0.29, 0.717) is 24.0 Å². The average molecular weight is 619 g/mol. The van der Waals surface area contributed by atoms with Gasteiger partial charge in [0.2, 0.25) is 11.8 Å². The summed E-state index contributed by atoms with van der Waals surface area (Å²) in [6, 6.07) is 6.56. The Morgan fingerprint density at radius 1 is 0.591 bits per heavy atom. The minimum atomic E-state index is -1.05. The molecule has 0 aromatic heterocycles. The Morgan fingerprint density at radius 2 is 0.909 bits per heavy atom. The van der Waals surface area contributed by atoms with Crippen molar-refractivity contribution in [3.05, 3.63) is 47.5 Å². The molecule has 2 aromatic rings. The molecule has 0 bridgehead atoms. The van der Waals surface area contributed by atoms with Crippen molar-refractivity contribution in [2.24, 2.45) is 11.8 Å². The number of benzene rings is 2. The number of nitrogens with one attached hydrogen (secondary N) is 2. The Labute approximate surface area is 257 Å². The average Bonchev–Trinajstić information content (AvgIpc) is 2.87. The summed E-state index contributed by atoms with van der Waals surface area (Å²) < 4.78 is 0. The standard InChI is InChI=1S/2C16H23NO5/c2*1-9(2)6-13(16(21)22)17-15(20)7-10(3)12-5-4-11(18)8-14(12)19/h2*4-5,8-10,13,18-19H,6-7H2,1-3H3,(H,17,20)(H,21,22)/t10?,13-;/m1./s1.